The highest BCUT2D eigenvalue weighted by Crippen LogP contribution is 2.26. The highest BCUT2D eigenvalue weighted by Gasteiger charge is 2.16. The van der Waals surface area contributed by atoms with Crippen LogP contribution in [-0.4, -0.2) is 18.9 Å². The number of esters is 1. The lowest BCUT2D eigenvalue weighted by molar-refractivity contribution is -0.101. The number of carbonyl (C=O) groups is 1. The fraction of sp³-hybridized carbons (Fsp3) is 0.667. The van der Waals surface area contributed by atoms with Gasteiger partial charge in [0, 0.05) is 0 Å². The van der Waals surface area contributed by atoms with E-state index in [0.717, 1.165) is 18.8 Å². The summed E-state index contributed by atoms with van der Waals surface area (Å²) in [4.78, 5) is 12.2. The Labute approximate surface area is 146 Å². The van der Waals surface area contributed by atoms with Crippen molar-refractivity contribution in [3.8, 4) is 0 Å². The normalized spacial score (nSPS) is 18.1. The highest BCUT2D eigenvalue weighted by molar-refractivity contribution is 5.89. The van der Waals surface area contributed by atoms with Crippen LogP contribution in [0.3, 0.4) is 0 Å². The lowest BCUT2D eigenvalue weighted by atomic mass is 9.87. The second-order valence-corrected chi connectivity index (χ2v) is 7.07. The van der Waals surface area contributed by atoms with Crippen molar-refractivity contribution in [2.24, 2.45) is 5.92 Å². The summed E-state index contributed by atoms with van der Waals surface area (Å²) in [6.07, 6.45) is 8.39. The van der Waals surface area contributed by atoms with Gasteiger partial charge >= 0.3 is 5.97 Å². The first-order valence-electron chi connectivity index (χ1n) is 9.52. The Morgan fingerprint density at radius 1 is 1.12 bits per heavy atom. The molecule has 2 atom stereocenters. The molecule has 1 saturated carbocycles. The van der Waals surface area contributed by atoms with Crippen molar-refractivity contribution >= 4 is 5.97 Å². The van der Waals surface area contributed by atoms with Crippen LogP contribution in [0.25, 0.3) is 0 Å². The Balaban J connectivity index is 1.72. The number of carbonyl (C=O) groups excluding carboxylic acids is 1. The second kappa shape index (κ2) is 9.83. The van der Waals surface area contributed by atoms with Crippen molar-refractivity contribution in [3.05, 3.63) is 35.4 Å². The van der Waals surface area contributed by atoms with E-state index < -0.39 is 6.29 Å². The lowest BCUT2D eigenvalue weighted by Gasteiger charge is -2.22. The van der Waals surface area contributed by atoms with E-state index >= 15 is 0 Å². The first-order chi connectivity index (χ1) is 11.6. The molecule has 24 heavy (non-hydrogen) atoms. The molecule has 0 radical (unpaired) electrons. The molecule has 2 rings (SSSR count). The standard InChI is InChI=1S/C21H32O3/c1-4-16(2)19-10-12-20(13-11-19)21(22)24-17(3)23-15-14-18-8-6-5-7-9-18/h10-13,16-18H,4-9,14-15H2,1-3H3. The maximum absolute atomic E-state index is 12.2. The van der Waals surface area contributed by atoms with Crippen LogP contribution in [0.2, 0.25) is 0 Å². The first kappa shape index (κ1) is 19.0. The maximum Gasteiger partial charge on any atom is 0.340 e. The van der Waals surface area contributed by atoms with Gasteiger partial charge in [0.2, 0.25) is 0 Å². The van der Waals surface area contributed by atoms with Crippen molar-refractivity contribution in [2.75, 3.05) is 6.61 Å². The zero-order chi connectivity index (χ0) is 17.4. The zero-order valence-electron chi connectivity index (χ0n) is 15.4. The molecule has 0 N–H and O–H groups in total. The molecule has 0 bridgehead atoms. The number of rotatable bonds is 8. The summed E-state index contributed by atoms with van der Waals surface area (Å²) in [7, 11) is 0. The molecule has 134 valence electrons. The van der Waals surface area contributed by atoms with Gasteiger partial charge in [0.15, 0.2) is 6.29 Å². The van der Waals surface area contributed by atoms with Crippen LogP contribution in [0.15, 0.2) is 24.3 Å². The molecular formula is C21H32O3. The third kappa shape index (κ3) is 5.94. The predicted molar refractivity (Wildman–Crippen MR) is 97.2 cm³/mol. The molecule has 2 unspecified atom stereocenters. The van der Waals surface area contributed by atoms with Crippen LogP contribution in [-0.2, 0) is 9.47 Å². The molecule has 1 aliphatic rings. The zero-order valence-corrected chi connectivity index (χ0v) is 15.4. The topological polar surface area (TPSA) is 35.5 Å². The smallest absolute Gasteiger partial charge is 0.340 e. The average molecular weight is 332 g/mol. The largest absolute Gasteiger partial charge is 0.432 e. The van der Waals surface area contributed by atoms with Gasteiger partial charge in [0.25, 0.3) is 0 Å². The van der Waals surface area contributed by atoms with Crippen molar-refractivity contribution in [3.63, 3.8) is 0 Å². The van der Waals surface area contributed by atoms with E-state index in [4.69, 9.17) is 9.47 Å². The molecule has 1 aromatic carbocycles. The molecule has 0 heterocycles. The molecule has 1 aromatic rings. The lowest BCUT2D eigenvalue weighted by Crippen LogP contribution is -2.20. The van der Waals surface area contributed by atoms with Gasteiger partial charge in [-0.15, -0.1) is 0 Å². The molecule has 1 fully saturated rings. The third-order valence-corrected chi connectivity index (χ3v) is 5.20. The summed E-state index contributed by atoms with van der Waals surface area (Å²) >= 11 is 0. The van der Waals surface area contributed by atoms with Crippen LogP contribution in [0.4, 0.5) is 0 Å². The van der Waals surface area contributed by atoms with Crippen LogP contribution < -0.4 is 0 Å². The fourth-order valence-electron chi connectivity index (χ4n) is 3.31. The summed E-state index contributed by atoms with van der Waals surface area (Å²) in [6.45, 7) is 6.83. The summed E-state index contributed by atoms with van der Waals surface area (Å²) in [5.74, 6) is 0.989. The minimum absolute atomic E-state index is 0.309. The van der Waals surface area contributed by atoms with E-state index in [9.17, 15) is 4.79 Å². The van der Waals surface area contributed by atoms with Gasteiger partial charge in [-0.25, -0.2) is 4.79 Å². The van der Waals surface area contributed by atoms with Gasteiger partial charge in [0.1, 0.15) is 0 Å². The number of benzene rings is 1. The van der Waals surface area contributed by atoms with Crippen molar-refractivity contribution in [1.82, 2.24) is 0 Å². The quantitative estimate of drug-likeness (QED) is 0.453. The Kier molecular flexibility index (Phi) is 7.77. The Morgan fingerprint density at radius 2 is 1.79 bits per heavy atom. The molecule has 3 nitrogen and oxygen atoms in total. The molecule has 3 heteroatoms. The fourth-order valence-corrected chi connectivity index (χ4v) is 3.31. The van der Waals surface area contributed by atoms with E-state index in [1.165, 1.54) is 37.7 Å². The molecule has 1 aliphatic carbocycles. The van der Waals surface area contributed by atoms with E-state index in [1.807, 2.05) is 24.3 Å². The molecule has 0 saturated heterocycles. The molecule has 0 aromatic heterocycles. The van der Waals surface area contributed by atoms with E-state index in [2.05, 4.69) is 13.8 Å². The second-order valence-electron chi connectivity index (χ2n) is 7.07. The van der Waals surface area contributed by atoms with Gasteiger partial charge in [-0.05, 0) is 49.3 Å². The van der Waals surface area contributed by atoms with Gasteiger partial charge < -0.3 is 9.47 Å². The average Bonchev–Trinajstić information content (AvgIpc) is 2.62. The summed E-state index contributed by atoms with van der Waals surface area (Å²) in [6, 6.07) is 7.72. The number of ether oxygens (including phenoxy) is 2. The minimum atomic E-state index is -0.490. The SMILES string of the molecule is CCC(C)c1ccc(C(=O)OC(C)OCCC2CCCCC2)cc1. The Morgan fingerprint density at radius 3 is 2.42 bits per heavy atom. The highest BCUT2D eigenvalue weighted by atomic mass is 16.7. The van der Waals surface area contributed by atoms with Crippen molar-refractivity contribution in [2.45, 2.75) is 77.9 Å². The number of hydrogen-bond donors (Lipinski definition) is 0. The molecule has 0 aliphatic heterocycles. The molecular weight excluding hydrogens is 300 g/mol. The summed E-state index contributed by atoms with van der Waals surface area (Å²) in [5.41, 5.74) is 1.84. The van der Waals surface area contributed by atoms with E-state index in [-0.39, 0.29) is 5.97 Å². The third-order valence-electron chi connectivity index (χ3n) is 5.20. The number of hydrogen-bond acceptors (Lipinski definition) is 3. The van der Waals surface area contributed by atoms with Crippen LogP contribution >= 0.6 is 0 Å². The summed E-state index contributed by atoms with van der Waals surface area (Å²) in [5, 5.41) is 0. The summed E-state index contributed by atoms with van der Waals surface area (Å²) < 4.78 is 11.1. The Bertz CT molecular complexity index is 488. The van der Waals surface area contributed by atoms with Crippen LogP contribution in [0, 0.1) is 5.92 Å². The monoisotopic (exact) mass is 332 g/mol. The minimum Gasteiger partial charge on any atom is -0.432 e. The maximum atomic E-state index is 12.2. The van der Waals surface area contributed by atoms with Crippen molar-refractivity contribution < 1.29 is 14.3 Å². The van der Waals surface area contributed by atoms with Gasteiger partial charge in [-0.1, -0.05) is 58.1 Å². The first-order valence-corrected chi connectivity index (χ1v) is 9.52. The van der Waals surface area contributed by atoms with E-state index in [1.54, 1.807) is 6.92 Å². The molecule has 0 amide bonds. The van der Waals surface area contributed by atoms with Gasteiger partial charge in [0.05, 0.1) is 12.2 Å². The van der Waals surface area contributed by atoms with Crippen molar-refractivity contribution in [1.29, 1.82) is 0 Å². The van der Waals surface area contributed by atoms with Crippen LogP contribution in [0.1, 0.15) is 87.6 Å². The van der Waals surface area contributed by atoms with E-state index in [0.29, 0.717) is 18.1 Å². The molecule has 0 spiro atoms. The predicted octanol–water partition coefficient (Wildman–Crippen LogP) is 5.69. The Hall–Kier alpha value is -1.35. The van der Waals surface area contributed by atoms with Gasteiger partial charge in [-0.2, -0.15) is 0 Å². The van der Waals surface area contributed by atoms with Crippen LogP contribution in [0.5, 0.6) is 0 Å². The van der Waals surface area contributed by atoms with Gasteiger partial charge in [-0.3, -0.25) is 0 Å².